The molecular weight excluding hydrogens is 249 g/mol. The van der Waals surface area contributed by atoms with Crippen LogP contribution in [0, 0.1) is 5.82 Å². The van der Waals surface area contributed by atoms with Crippen LogP contribution >= 0.6 is 0 Å². The van der Waals surface area contributed by atoms with Gasteiger partial charge in [0, 0.05) is 11.8 Å². The second kappa shape index (κ2) is 5.39. The van der Waals surface area contributed by atoms with Crippen molar-refractivity contribution in [2.24, 2.45) is 0 Å². The van der Waals surface area contributed by atoms with Crippen molar-refractivity contribution in [3.8, 4) is 11.5 Å². The first-order valence-electron chi connectivity index (χ1n) is 5.51. The summed E-state index contributed by atoms with van der Waals surface area (Å²) in [6, 6.07) is 10.3. The topological polar surface area (TPSA) is 61.5 Å². The van der Waals surface area contributed by atoms with Crippen LogP contribution in [0.4, 0.5) is 10.1 Å². The third-order valence-corrected chi connectivity index (χ3v) is 2.46. The SMILES string of the molecule is COC(=O)c1cc(Oc2cccc(F)c2)ccc1N. The summed E-state index contributed by atoms with van der Waals surface area (Å²) in [6.45, 7) is 0. The van der Waals surface area contributed by atoms with Crippen molar-refractivity contribution in [3.05, 3.63) is 53.8 Å². The number of esters is 1. The predicted molar refractivity (Wildman–Crippen MR) is 68.7 cm³/mol. The van der Waals surface area contributed by atoms with Gasteiger partial charge < -0.3 is 15.2 Å². The zero-order chi connectivity index (χ0) is 13.8. The largest absolute Gasteiger partial charge is 0.465 e. The number of benzene rings is 2. The molecule has 2 aromatic rings. The molecular formula is C14H12FNO3. The minimum atomic E-state index is -0.554. The summed E-state index contributed by atoms with van der Waals surface area (Å²) in [4.78, 5) is 11.5. The number of rotatable bonds is 3. The quantitative estimate of drug-likeness (QED) is 0.681. The van der Waals surface area contributed by atoms with Crippen molar-refractivity contribution < 1.29 is 18.7 Å². The highest BCUT2D eigenvalue weighted by molar-refractivity contribution is 5.95. The summed E-state index contributed by atoms with van der Waals surface area (Å²) in [6.07, 6.45) is 0. The van der Waals surface area contributed by atoms with E-state index in [0.717, 1.165) is 0 Å². The molecule has 0 aliphatic heterocycles. The zero-order valence-electron chi connectivity index (χ0n) is 10.2. The number of hydrogen-bond acceptors (Lipinski definition) is 4. The van der Waals surface area contributed by atoms with Crippen molar-refractivity contribution >= 4 is 11.7 Å². The van der Waals surface area contributed by atoms with Crippen LogP contribution in [0.5, 0.6) is 11.5 Å². The highest BCUT2D eigenvalue weighted by atomic mass is 19.1. The number of carbonyl (C=O) groups excluding carboxylic acids is 1. The molecule has 5 heteroatoms. The lowest BCUT2D eigenvalue weighted by Crippen LogP contribution is -2.05. The maximum Gasteiger partial charge on any atom is 0.340 e. The summed E-state index contributed by atoms with van der Waals surface area (Å²) in [5.41, 5.74) is 6.16. The van der Waals surface area contributed by atoms with Gasteiger partial charge >= 0.3 is 5.97 Å². The standard InChI is InChI=1S/C14H12FNO3/c1-18-14(17)12-8-11(5-6-13(12)16)19-10-4-2-3-9(15)7-10/h2-8H,16H2,1H3. The summed E-state index contributed by atoms with van der Waals surface area (Å²) in [5, 5.41) is 0. The van der Waals surface area contributed by atoms with Gasteiger partial charge in [-0.2, -0.15) is 0 Å². The normalized spacial score (nSPS) is 10.0. The van der Waals surface area contributed by atoms with E-state index in [9.17, 15) is 9.18 Å². The van der Waals surface area contributed by atoms with Crippen LogP contribution in [-0.2, 0) is 4.74 Å². The third kappa shape index (κ3) is 3.01. The molecule has 0 heterocycles. The molecule has 0 radical (unpaired) electrons. The molecule has 2 rings (SSSR count). The molecule has 0 fully saturated rings. The molecule has 19 heavy (non-hydrogen) atoms. The van der Waals surface area contributed by atoms with Crippen LogP contribution in [0.3, 0.4) is 0 Å². The molecule has 0 aromatic heterocycles. The van der Waals surface area contributed by atoms with E-state index >= 15 is 0 Å². The van der Waals surface area contributed by atoms with Gasteiger partial charge in [0.1, 0.15) is 17.3 Å². The van der Waals surface area contributed by atoms with Crippen LogP contribution in [-0.4, -0.2) is 13.1 Å². The lowest BCUT2D eigenvalue weighted by molar-refractivity contribution is 0.0601. The lowest BCUT2D eigenvalue weighted by atomic mass is 10.1. The van der Waals surface area contributed by atoms with E-state index in [1.807, 2.05) is 0 Å². The first-order chi connectivity index (χ1) is 9.10. The molecule has 0 saturated carbocycles. The van der Waals surface area contributed by atoms with Gasteiger partial charge in [0.05, 0.1) is 12.7 Å². The zero-order valence-corrected chi connectivity index (χ0v) is 10.2. The molecule has 0 aliphatic carbocycles. The molecule has 0 aliphatic rings. The van der Waals surface area contributed by atoms with E-state index in [-0.39, 0.29) is 5.56 Å². The number of hydrogen-bond donors (Lipinski definition) is 1. The molecule has 2 aromatic carbocycles. The van der Waals surface area contributed by atoms with Crippen LogP contribution in [0.2, 0.25) is 0 Å². The third-order valence-electron chi connectivity index (χ3n) is 2.46. The highest BCUT2D eigenvalue weighted by Gasteiger charge is 2.11. The monoisotopic (exact) mass is 261 g/mol. The average molecular weight is 261 g/mol. The van der Waals surface area contributed by atoms with Crippen LogP contribution in [0.15, 0.2) is 42.5 Å². The molecule has 2 N–H and O–H groups in total. The van der Waals surface area contributed by atoms with Gasteiger partial charge in [-0.15, -0.1) is 0 Å². The Morgan fingerprint density at radius 3 is 2.58 bits per heavy atom. The summed E-state index contributed by atoms with van der Waals surface area (Å²) >= 11 is 0. The van der Waals surface area contributed by atoms with E-state index in [0.29, 0.717) is 17.2 Å². The van der Waals surface area contributed by atoms with Crippen molar-refractivity contribution in [3.63, 3.8) is 0 Å². The minimum Gasteiger partial charge on any atom is -0.465 e. The number of methoxy groups -OCH3 is 1. The molecule has 98 valence electrons. The molecule has 0 atom stereocenters. The number of carbonyl (C=O) groups is 1. The van der Waals surface area contributed by atoms with Crippen LogP contribution in [0.25, 0.3) is 0 Å². The summed E-state index contributed by atoms with van der Waals surface area (Å²) < 4.78 is 23.1. The molecule has 4 nitrogen and oxygen atoms in total. The second-order valence-corrected chi connectivity index (χ2v) is 3.80. The van der Waals surface area contributed by atoms with E-state index in [4.69, 9.17) is 10.5 Å². The highest BCUT2D eigenvalue weighted by Crippen LogP contribution is 2.25. The molecule has 0 unspecified atom stereocenters. The summed E-state index contributed by atoms with van der Waals surface area (Å²) in [7, 11) is 1.27. The Balaban J connectivity index is 2.29. The Morgan fingerprint density at radius 2 is 1.89 bits per heavy atom. The maximum atomic E-state index is 13.0. The van der Waals surface area contributed by atoms with E-state index in [1.165, 1.54) is 37.4 Å². The van der Waals surface area contributed by atoms with Crippen molar-refractivity contribution in [1.82, 2.24) is 0 Å². The number of halogens is 1. The molecule has 0 spiro atoms. The van der Waals surface area contributed by atoms with Gasteiger partial charge in [0.25, 0.3) is 0 Å². The molecule has 0 amide bonds. The van der Waals surface area contributed by atoms with Gasteiger partial charge in [-0.1, -0.05) is 6.07 Å². The number of nitrogen functional groups attached to an aromatic ring is 1. The number of nitrogens with two attached hydrogens (primary N) is 1. The van der Waals surface area contributed by atoms with Crippen LogP contribution < -0.4 is 10.5 Å². The predicted octanol–water partition coefficient (Wildman–Crippen LogP) is 2.99. The first-order valence-corrected chi connectivity index (χ1v) is 5.51. The van der Waals surface area contributed by atoms with Gasteiger partial charge in [0.2, 0.25) is 0 Å². The number of anilines is 1. The molecule has 0 saturated heterocycles. The fourth-order valence-corrected chi connectivity index (χ4v) is 1.55. The Kier molecular flexibility index (Phi) is 3.66. The van der Waals surface area contributed by atoms with Crippen molar-refractivity contribution in [2.75, 3.05) is 12.8 Å². The fourth-order valence-electron chi connectivity index (χ4n) is 1.55. The second-order valence-electron chi connectivity index (χ2n) is 3.80. The van der Waals surface area contributed by atoms with Gasteiger partial charge in [-0.25, -0.2) is 9.18 Å². The van der Waals surface area contributed by atoms with Crippen LogP contribution in [0.1, 0.15) is 10.4 Å². The van der Waals surface area contributed by atoms with Crippen molar-refractivity contribution in [1.29, 1.82) is 0 Å². The Hall–Kier alpha value is -2.56. The Bertz CT molecular complexity index is 613. The Morgan fingerprint density at radius 1 is 1.16 bits per heavy atom. The van der Waals surface area contributed by atoms with Gasteiger partial charge in [0.15, 0.2) is 0 Å². The molecule has 0 bridgehead atoms. The fraction of sp³-hybridized carbons (Fsp3) is 0.0714. The Labute approximate surface area is 109 Å². The first kappa shape index (κ1) is 12.9. The van der Waals surface area contributed by atoms with E-state index in [1.54, 1.807) is 12.1 Å². The average Bonchev–Trinajstić information content (AvgIpc) is 2.40. The van der Waals surface area contributed by atoms with Crippen molar-refractivity contribution in [2.45, 2.75) is 0 Å². The van der Waals surface area contributed by atoms with Gasteiger partial charge in [-0.3, -0.25) is 0 Å². The minimum absolute atomic E-state index is 0.205. The lowest BCUT2D eigenvalue weighted by Gasteiger charge is -2.09. The van der Waals surface area contributed by atoms with E-state index in [2.05, 4.69) is 4.74 Å². The number of ether oxygens (including phenoxy) is 2. The summed E-state index contributed by atoms with van der Waals surface area (Å²) in [5.74, 6) is -0.246. The van der Waals surface area contributed by atoms with Gasteiger partial charge in [-0.05, 0) is 30.3 Å². The van der Waals surface area contributed by atoms with E-state index < -0.39 is 11.8 Å². The smallest absolute Gasteiger partial charge is 0.340 e. The maximum absolute atomic E-state index is 13.0.